The van der Waals surface area contributed by atoms with Crippen LogP contribution >= 0.6 is 0 Å². The van der Waals surface area contributed by atoms with E-state index in [-0.39, 0.29) is 11.9 Å². The first-order chi connectivity index (χ1) is 6.15. The molecule has 0 amide bonds. The Balaban J connectivity index is 2.64. The van der Waals surface area contributed by atoms with E-state index in [9.17, 15) is 9.90 Å². The van der Waals surface area contributed by atoms with Crippen molar-refractivity contribution < 1.29 is 9.90 Å². The summed E-state index contributed by atoms with van der Waals surface area (Å²) in [6.45, 7) is 3.78. The second-order valence-electron chi connectivity index (χ2n) is 3.41. The first-order valence-corrected chi connectivity index (χ1v) is 4.74. The highest BCUT2D eigenvalue weighted by Crippen LogP contribution is 2.23. The van der Waals surface area contributed by atoms with Crippen LogP contribution in [0.25, 0.3) is 0 Å². The fraction of sp³-hybridized carbons (Fsp3) is 0.545. The Kier molecular flexibility index (Phi) is 3.43. The van der Waals surface area contributed by atoms with Gasteiger partial charge in [-0.25, -0.2) is 0 Å². The number of carbonyl (C=O) groups is 1. The summed E-state index contributed by atoms with van der Waals surface area (Å²) in [4.78, 5) is 11.1. The summed E-state index contributed by atoms with van der Waals surface area (Å²) in [6, 6.07) is 0. The first-order valence-electron chi connectivity index (χ1n) is 4.74. The van der Waals surface area contributed by atoms with E-state index in [1.54, 1.807) is 6.08 Å². The lowest BCUT2D eigenvalue weighted by Gasteiger charge is -1.99. The summed E-state index contributed by atoms with van der Waals surface area (Å²) >= 11 is 0. The molecule has 1 rings (SSSR count). The predicted octanol–water partition coefficient (Wildman–Crippen LogP) is 1.99. The molecule has 72 valence electrons. The molecule has 13 heavy (non-hydrogen) atoms. The fourth-order valence-corrected chi connectivity index (χ4v) is 1.37. The molecule has 2 nitrogen and oxygen atoms in total. The third-order valence-electron chi connectivity index (χ3n) is 2.46. The normalized spacial score (nSPS) is 20.4. The second kappa shape index (κ2) is 4.38. The molecule has 0 spiro atoms. The number of aliphatic hydroxyl groups excluding tert-OH is 1. The van der Waals surface area contributed by atoms with E-state index in [0.29, 0.717) is 6.42 Å². The summed E-state index contributed by atoms with van der Waals surface area (Å²) in [6.07, 6.45) is 5.45. The SMILES string of the molecule is CC[C@@H](O)/C=C/C1=C(C)C(=O)CC1. The highest BCUT2D eigenvalue weighted by atomic mass is 16.3. The number of allylic oxidation sites excluding steroid dienone is 3. The summed E-state index contributed by atoms with van der Waals surface area (Å²) in [5.74, 6) is 0.241. The van der Waals surface area contributed by atoms with Crippen molar-refractivity contribution in [3.63, 3.8) is 0 Å². The molecule has 0 fully saturated rings. The summed E-state index contributed by atoms with van der Waals surface area (Å²) in [7, 11) is 0. The number of rotatable bonds is 3. The number of aliphatic hydroxyl groups is 1. The molecule has 1 atom stereocenters. The minimum absolute atomic E-state index is 0.241. The fourth-order valence-electron chi connectivity index (χ4n) is 1.37. The van der Waals surface area contributed by atoms with E-state index in [0.717, 1.165) is 24.0 Å². The molecule has 0 aromatic carbocycles. The van der Waals surface area contributed by atoms with E-state index in [4.69, 9.17) is 0 Å². The van der Waals surface area contributed by atoms with E-state index >= 15 is 0 Å². The van der Waals surface area contributed by atoms with Crippen molar-refractivity contribution in [2.24, 2.45) is 0 Å². The standard InChI is InChI=1S/C11H16O2/c1-3-10(12)6-4-9-5-7-11(13)8(9)2/h4,6,10,12H,3,5,7H2,1-2H3/b6-4+/t10-/m1/s1. The summed E-state index contributed by atoms with van der Waals surface area (Å²) in [5.41, 5.74) is 1.94. The minimum Gasteiger partial charge on any atom is -0.389 e. The zero-order valence-electron chi connectivity index (χ0n) is 8.21. The van der Waals surface area contributed by atoms with Crippen LogP contribution in [0.1, 0.15) is 33.1 Å². The summed E-state index contributed by atoms with van der Waals surface area (Å²) < 4.78 is 0. The molecular weight excluding hydrogens is 164 g/mol. The maximum atomic E-state index is 11.1. The van der Waals surface area contributed by atoms with E-state index in [1.165, 1.54) is 0 Å². The Labute approximate surface area is 79.0 Å². The monoisotopic (exact) mass is 180 g/mol. The molecule has 0 bridgehead atoms. The average Bonchev–Trinajstić information content (AvgIpc) is 2.44. The van der Waals surface area contributed by atoms with Crippen LogP contribution in [-0.2, 0) is 4.79 Å². The van der Waals surface area contributed by atoms with Crippen molar-refractivity contribution in [2.45, 2.75) is 39.2 Å². The molecule has 1 aliphatic carbocycles. The molecule has 1 aliphatic rings. The van der Waals surface area contributed by atoms with Gasteiger partial charge in [-0.1, -0.05) is 19.1 Å². The van der Waals surface area contributed by atoms with Gasteiger partial charge in [-0.05, 0) is 30.9 Å². The quantitative estimate of drug-likeness (QED) is 0.721. The van der Waals surface area contributed by atoms with E-state index in [1.807, 2.05) is 19.9 Å². The smallest absolute Gasteiger partial charge is 0.159 e. The number of Topliss-reactive ketones (excluding diaryl/α,β-unsaturated/α-hetero) is 1. The van der Waals surface area contributed by atoms with E-state index < -0.39 is 0 Å². The van der Waals surface area contributed by atoms with Gasteiger partial charge in [0.15, 0.2) is 5.78 Å². The number of hydrogen-bond donors (Lipinski definition) is 1. The Bertz CT molecular complexity index is 261. The number of carbonyl (C=O) groups excluding carboxylic acids is 1. The Morgan fingerprint density at radius 1 is 1.54 bits per heavy atom. The van der Waals surface area contributed by atoms with Crippen LogP contribution in [0.3, 0.4) is 0 Å². The van der Waals surface area contributed by atoms with Crippen LogP contribution in [0.5, 0.6) is 0 Å². The van der Waals surface area contributed by atoms with Crippen LogP contribution in [0.4, 0.5) is 0 Å². The van der Waals surface area contributed by atoms with Crippen molar-refractivity contribution in [3.8, 4) is 0 Å². The lowest BCUT2D eigenvalue weighted by atomic mass is 10.1. The molecule has 0 aromatic heterocycles. The third kappa shape index (κ3) is 2.52. The first kappa shape index (κ1) is 10.2. The summed E-state index contributed by atoms with van der Waals surface area (Å²) in [5, 5.41) is 9.28. The number of ketones is 1. The van der Waals surface area contributed by atoms with Crippen LogP contribution in [0, 0.1) is 0 Å². The average molecular weight is 180 g/mol. The molecule has 0 unspecified atom stereocenters. The van der Waals surface area contributed by atoms with Crippen molar-refractivity contribution in [3.05, 3.63) is 23.3 Å². The zero-order chi connectivity index (χ0) is 9.84. The van der Waals surface area contributed by atoms with Crippen molar-refractivity contribution in [2.75, 3.05) is 0 Å². The highest BCUT2D eigenvalue weighted by Gasteiger charge is 2.16. The van der Waals surface area contributed by atoms with Gasteiger partial charge in [0.05, 0.1) is 6.10 Å². The highest BCUT2D eigenvalue weighted by molar-refractivity contribution is 5.98. The van der Waals surface area contributed by atoms with Crippen LogP contribution in [-0.4, -0.2) is 17.0 Å². The topological polar surface area (TPSA) is 37.3 Å². The van der Waals surface area contributed by atoms with Crippen LogP contribution in [0.2, 0.25) is 0 Å². The lowest BCUT2D eigenvalue weighted by Crippen LogP contribution is -1.98. The third-order valence-corrected chi connectivity index (χ3v) is 2.46. The predicted molar refractivity (Wildman–Crippen MR) is 52.4 cm³/mol. The molecule has 0 saturated heterocycles. The molecule has 0 aliphatic heterocycles. The van der Waals surface area contributed by atoms with Gasteiger partial charge >= 0.3 is 0 Å². The molecule has 1 N–H and O–H groups in total. The Morgan fingerprint density at radius 2 is 2.23 bits per heavy atom. The molecule has 0 heterocycles. The van der Waals surface area contributed by atoms with Gasteiger partial charge in [0.25, 0.3) is 0 Å². The van der Waals surface area contributed by atoms with Gasteiger partial charge in [-0.2, -0.15) is 0 Å². The maximum Gasteiger partial charge on any atom is 0.159 e. The Morgan fingerprint density at radius 3 is 2.69 bits per heavy atom. The van der Waals surface area contributed by atoms with Crippen LogP contribution < -0.4 is 0 Å². The van der Waals surface area contributed by atoms with Gasteiger partial charge in [-0.3, -0.25) is 4.79 Å². The second-order valence-corrected chi connectivity index (χ2v) is 3.41. The van der Waals surface area contributed by atoms with Gasteiger partial charge in [0, 0.05) is 6.42 Å². The van der Waals surface area contributed by atoms with Gasteiger partial charge in [-0.15, -0.1) is 0 Å². The number of hydrogen-bond acceptors (Lipinski definition) is 2. The lowest BCUT2D eigenvalue weighted by molar-refractivity contribution is -0.114. The van der Waals surface area contributed by atoms with Gasteiger partial charge < -0.3 is 5.11 Å². The minimum atomic E-state index is -0.379. The molecule has 0 aromatic rings. The largest absolute Gasteiger partial charge is 0.389 e. The van der Waals surface area contributed by atoms with Crippen molar-refractivity contribution in [1.82, 2.24) is 0 Å². The van der Waals surface area contributed by atoms with Crippen molar-refractivity contribution in [1.29, 1.82) is 0 Å². The van der Waals surface area contributed by atoms with Gasteiger partial charge in [0.2, 0.25) is 0 Å². The molecule has 2 heteroatoms. The van der Waals surface area contributed by atoms with E-state index in [2.05, 4.69) is 0 Å². The molecule has 0 radical (unpaired) electrons. The zero-order valence-corrected chi connectivity index (χ0v) is 8.21. The Hall–Kier alpha value is -0.890. The van der Waals surface area contributed by atoms with Gasteiger partial charge in [0.1, 0.15) is 0 Å². The van der Waals surface area contributed by atoms with Crippen molar-refractivity contribution >= 4 is 5.78 Å². The molecular formula is C11H16O2. The van der Waals surface area contributed by atoms with Crippen LogP contribution in [0.15, 0.2) is 23.3 Å². The maximum absolute atomic E-state index is 11.1. The molecule has 0 saturated carbocycles.